The van der Waals surface area contributed by atoms with Crippen LogP contribution in [0.25, 0.3) is 0 Å². The average molecular weight is 208 g/mol. The van der Waals surface area contributed by atoms with Gasteiger partial charge in [0.1, 0.15) is 11.9 Å². The lowest BCUT2D eigenvalue weighted by Gasteiger charge is -2.22. The first kappa shape index (κ1) is 12.1. The van der Waals surface area contributed by atoms with Crippen LogP contribution < -0.4 is 4.74 Å². The van der Waals surface area contributed by atoms with Crippen LogP contribution in [0.2, 0.25) is 0 Å². The van der Waals surface area contributed by atoms with E-state index in [2.05, 4.69) is 6.92 Å². The lowest BCUT2D eigenvalue weighted by molar-refractivity contribution is 0.0284. The lowest BCUT2D eigenvalue weighted by Crippen LogP contribution is -2.30. The van der Waals surface area contributed by atoms with Gasteiger partial charge in [-0.2, -0.15) is 0 Å². The third kappa shape index (κ3) is 3.92. The average Bonchev–Trinajstić information content (AvgIpc) is 2.27. The molecule has 0 aliphatic rings. The Hall–Kier alpha value is -1.02. The van der Waals surface area contributed by atoms with E-state index in [9.17, 15) is 5.11 Å². The summed E-state index contributed by atoms with van der Waals surface area (Å²) in [5, 5.41) is 9.85. The third-order valence-corrected chi connectivity index (χ3v) is 2.45. The summed E-state index contributed by atoms with van der Waals surface area (Å²) in [5.74, 6) is 0.833. The normalized spacial score (nSPS) is 14.6. The van der Waals surface area contributed by atoms with Crippen LogP contribution in [0.15, 0.2) is 30.3 Å². The summed E-state index contributed by atoms with van der Waals surface area (Å²) in [6, 6.07) is 9.67. The molecule has 2 atom stereocenters. The third-order valence-electron chi connectivity index (χ3n) is 2.45. The Balaban J connectivity index is 2.53. The summed E-state index contributed by atoms with van der Waals surface area (Å²) >= 11 is 0. The van der Waals surface area contributed by atoms with E-state index in [4.69, 9.17) is 4.74 Å². The molecule has 1 aromatic rings. The summed E-state index contributed by atoms with van der Waals surface area (Å²) in [6.45, 7) is 4.10. The minimum absolute atomic E-state index is 0.0904. The largest absolute Gasteiger partial charge is 0.488 e. The number of rotatable bonds is 6. The summed E-state index contributed by atoms with van der Waals surface area (Å²) in [7, 11) is 0. The number of para-hydroxylation sites is 1. The van der Waals surface area contributed by atoms with E-state index in [1.54, 1.807) is 0 Å². The highest BCUT2D eigenvalue weighted by atomic mass is 16.5. The van der Waals surface area contributed by atoms with Crippen molar-refractivity contribution in [3.63, 3.8) is 0 Å². The maximum Gasteiger partial charge on any atom is 0.124 e. The smallest absolute Gasteiger partial charge is 0.124 e. The highest BCUT2D eigenvalue weighted by Gasteiger charge is 2.17. The molecule has 2 unspecified atom stereocenters. The molecule has 1 N–H and O–H groups in total. The molecule has 0 spiro atoms. The molecule has 0 saturated heterocycles. The second kappa shape index (κ2) is 6.46. The fourth-order valence-corrected chi connectivity index (χ4v) is 1.59. The van der Waals surface area contributed by atoms with Gasteiger partial charge >= 0.3 is 0 Å². The summed E-state index contributed by atoms with van der Waals surface area (Å²) < 4.78 is 5.73. The van der Waals surface area contributed by atoms with Gasteiger partial charge < -0.3 is 9.84 Å². The Kier molecular flexibility index (Phi) is 5.19. The fourth-order valence-electron chi connectivity index (χ4n) is 1.59. The maximum atomic E-state index is 9.85. The van der Waals surface area contributed by atoms with Gasteiger partial charge in [0.25, 0.3) is 0 Å². The van der Waals surface area contributed by atoms with Crippen molar-refractivity contribution in [2.24, 2.45) is 0 Å². The second-order valence-electron chi connectivity index (χ2n) is 3.73. The van der Waals surface area contributed by atoms with Gasteiger partial charge in [0.15, 0.2) is 0 Å². The predicted octanol–water partition coefficient (Wildman–Crippen LogP) is 3.01. The Bertz CT molecular complexity index is 258. The van der Waals surface area contributed by atoms with Gasteiger partial charge in [-0.3, -0.25) is 0 Å². The van der Waals surface area contributed by atoms with Gasteiger partial charge in [-0.25, -0.2) is 0 Å². The van der Waals surface area contributed by atoms with Crippen LogP contribution in [0, 0.1) is 0 Å². The molecular formula is C13H20O2. The van der Waals surface area contributed by atoms with E-state index in [-0.39, 0.29) is 12.2 Å². The first-order valence-corrected chi connectivity index (χ1v) is 5.67. The Morgan fingerprint density at radius 1 is 1.20 bits per heavy atom. The maximum absolute atomic E-state index is 9.85. The lowest BCUT2D eigenvalue weighted by atomic mass is 10.1. The second-order valence-corrected chi connectivity index (χ2v) is 3.73. The van der Waals surface area contributed by atoms with Gasteiger partial charge in [-0.05, 0) is 25.0 Å². The van der Waals surface area contributed by atoms with Gasteiger partial charge in [0.05, 0.1) is 6.10 Å². The van der Waals surface area contributed by atoms with Crippen molar-refractivity contribution >= 4 is 0 Å². The molecule has 0 amide bonds. The molecular weight excluding hydrogens is 188 g/mol. The summed E-state index contributed by atoms with van der Waals surface area (Å²) in [5.41, 5.74) is 0. The number of aliphatic hydroxyl groups excluding tert-OH is 1. The van der Waals surface area contributed by atoms with Crippen molar-refractivity contribution in [3.05, 3.63) is 30.3 Å². The zero-order valence-corrected chi connectivity index (χ0v) is 9.52. The minimum atomic E-state index is -0.361. The fraction of sp³-hybridized carbons (Fsp3) is 0.538. The minimum Gasteiger partial charge on any atom is -0.488 e. The van der Waals surface area contributed by atoms with Gasteiger partial charge in [0.2, 0.25) is 0 Å². The molecule has 84 valence electrons. The van der Waals surface area contributed by atoms with Gasteiger partial charge in [0, 0.05) is 0 Å². The SMILES string of the molecule is CCCC(O)C(CC)Oc1ccccc1. The molecule has 0 radical (unpaired) electrons. The van der Waals surface area contributed by atoms with E-state index >= 15 is 0 Å². The van der Waals surface area contributed by atoms with Crippen LogP contribution in [0.1, 0.15) is 33.1 Å². The number of aliphatic hydroxyl groups is 1. The first-order valence-electron chi connectivity index (χ1n) is 5.67. The Morgan fingerprint density at radius 3 is 2.40 bits per heavy atom. The summed E-state index contributed by atoms with van der Waals surface area (Å²) in [4.78, 5) is 0. The van der Waals surface area contributed by atoms with Crippen LogP contribution in [0.4, 0.5) is 0 Å². The van der Waals surface area contributed by atoms with Crippen molar-refractivity contribution < 1.29 is 9.84 Å². The van der Waals surface area contributed by atoms with E-state index in [0.717, 1.165) is 25.0 Å². The van der Waals surface area contributed by atoms with E-state index in [1.807, 2.05) is 37.3 Å². The van der Waals surface area contributed by atoms with Crippen LogP contribution >= 0.6 is 0 Å². The van der Waals surface area contributed by atoms with Crippen LogP contribution in [-0.2, 0) is 0 Å². The van der Waals surface area contributed by atoms with Crippen molar-refractivity contribution in [2.45, 2.75) is 45.3 Å². The Labute approximate surface area is 91.9 Å². The number of benzene rings is 1. The Morgan fingerprint density at radius 2 is 1.87 bits per heavy atom. The van der Waals surface area contributed by atoms with Crippen molar-refractivity contribution in [1.29, 1.82) is 0 Å². The van der Waals surface area contributed by atoms with Crippen molar-refractivity contribution in [3.8, 4) is 5.75 Å². The predicted molar refractivity (Wildman–Crippen MR) is 62.1 cm³/mol. The summed E-state index contributed by atoms with van der Waals surface area (Å²) in [6.07, 6.45) is 2.16. The van der Waals surface area contributed by atoms with Crippen LogP contribution in [-0.4, -0.2) is 17.3 Å². The molecule has 1 aromatic carbocycles. The van der Waals surface area contributed by atoms with E-state index < -0.39 is 0 Å². The van der Waals surface area contributed by atoms with Crippen LogP contribution in [0.5, 0.6) is 5.75 Å². The first-order chi connectivity index (χ1) is 7.27. The number of hydrogen-bond acceptors (Lipinski definition) is 2. The molecule has 0 saturated carbocycles. The van der Waals surface area contributed by atoms with Crippen molar-refractivity contribution in [2.75, 3.05) is 0 Å². The highest BCUT2D eigenvalue weighted by molar-refractivity contribution is 5.21. The molecule has 0 aromatic heterocycles. The molecule has 15 heavy (non-hydrogen) atoms. The molecule has 2 heteroatoms. The van der Waals surface area contributed by atoms with Gasteiger partial charge in [-0.1, -0.05) is 38.5 Å². The zero-order valence-electron chi connectivity index (χ0n) is 9.52. The molecule has 0 heterocycles. The molecule has 0 bridgehead atoms. The molecule has 0 aliphatic carbocycles. The molecule has 0 aliphatic heterocycles. The highest BCUT2D eigenvalue weighted by Crippen LogP contribution is 2.16. The number of hydrogen-bond donors (Lipinski definition) is 1. The molecule has 2 nitrogen and oxygen atoms in total. The standard InChI is InChI=1S/C13H20O2/c1-3-8-12(14)13(4-2)15-11-9-6-5-7-10-11/h5-7,9-10,12-14H,3-4,8H2,1-2H3. The quantitative estimate of drug-likeness (QED) is 0.778. The van der Waals surface area contributed by atoms with E-state index in [1.165, 1.54) is 0 Å². The van der Waals surface area contributed by atoms with Crippen LogP contribution in [0.3, 0.4) is 0 Å². The van der Waals surface area contributed by atoms with Gasteiger partial charge in [-0.15, -0.1) is 0 Å². The molecule has 0 fully saturated rings. The topological polar surface area (TPSA) is 29.5 Å². The van der Waals surface area contributed by atoms with Crippen molar-refractivity contribution in [1.82, 2.24) is 0 Å². The van der Waals surface area contributed by atoms with E-state index in [0.29, 0.717) is 0 Å². The zero-order chi connectivity index (χ0) is 11.1. The number of ether oxygens (including phenoxy) is 1. The molecule has 1 rings (SSSR count). The monoisotopic (exact) mass is 208 g/mol.